The molecule has 0 saturated carbocycles. The van der Waals surface area contributed by atoms with Crippen LogP contribution in [-0.4, -0.2) is 23.1 Å². The molecule has 0 radical (unpaired) electrons. The number of thiophene rings is 2. The van der Waals surface area contributed by atoms with Gasteiger partial charge in [0.25, 0.3) is 0 Å². The molecular formula is C38H26O4S2. The second kappa shape index (κ2) is 9.49. The molecule has 0 spiro atoms. The van der Waals surface area contributed by atoms with Crippen LogP contribution in [0.5, 0.6) is 0 Å². The summed E-state index contributed by atoms with van der Waals surface area (Å²) >= 11 is 3.18. The van der Waals surface area contributed by atoms with Crippen LogP contribution in [0.2, 0.25) is 0 Å². The van der Waals surface area contributed by atoms with E-state index in [4.69, 9.17) is 0 Å². The van der Waals surface area contributed by atoms with Gasteiger partial charge in [0.15, 0.2) is 23.1 Å². The van der Waals surface area contributed by atoms with Crippen LogP contribution in [0.25, 0.3) is 33.0 Å². The third kappa shape index (κ3) is 3.81. The average Bonchev–Trinajstić information content (AvgIpc) is 3.80. The number of rotatable bonds is 3. The maximum atomic E-state index is 13.1. The third-order valence-electron chi connectivity index (χ3n) is 9.29. The van der Waals surface area contributed by atoms with Crippen molar-refractivity contribution in [1.29, 1.82) is 0 Å². The number of allylic oxidation sites excluding steroid dienone is 6. The van der Waals surface area contributed by atoms with Crippen LogP contribution in [0.15, 0.2) is 95.1 Å². The van der Waals surface area contributed by atoms with Gasteiger partial charge in [-0.15, -0.1) is 22.7 Å². The molecule has 0 aliphatic heterocycles. The first-order chi connectivity index (χ1) is 21.1. The molecule has 214 valence electrons. The van der Waals surface area contributed by atoms with Gasteiger partial charge in [0, 0.05) is 47.2 Å². The highest BCUT2D eigenvalue weighted by molar-refractivity contribution is 7.17. The minimum absolute atomic E-state index is 0.0619. The number of hydrogen-bond acceptors (Lipinski definition) is 6. The van der Waals surface area contributed by atoms with Crippen LogP contribution in [0.3, 0.4) is 0 Å². The van der Waals surface area contributed by atoms with Gasteiger partial charge in [-0.1, -0.05) is 69.3 Å². The molecule has 2 heterocycles. The molecule has 6 heteroatoms. The molecule has 0 bridgehead atoms. The summed E-state index contributed by atoms with van der Waals surface area (Å²) < 4.78 is 0. The van der Waals surface area contributed by atoms with Gasteiger partial charge in [0.05, 0.1) is 11.1 Å². The number of Topliss-reactive ketones (excluding diaryl/α,β-unsaturated/α-hetero) is 4. The first kappa shape index (κ1) is 27.1. The predicted molar refractivity (Wildman–Crippen MR) is 176 cm³/mol. The standard InChI is InChI=1S/C38H26O4S2/c1-19-7-6-10-26-32(19)36(42)28(35(26)41)16-21-12-14-31(43-21)20-11-13-25-29(15-20)38(2,3)30-18-22(44-37(25)30)17-27-33(39)23-8-4-5-9-24(23)34(27)40/h4-6,8-19H,7H2,1-3H3/b28-16+. The van der Waals surface area contributed by atoms with Crippen LogP contribution in [0.4, 0.5) is 0 Å². The van der Waals surface area contributed by atoms with E-state index < -0.39 is 0 Å². The predicted octanol–water partition coefficient (Wildman–Crippen LogP) is 8.67. The van der Waals surface area contributed by atoms with Gasteiger partial charge in [0.1, 0.15) is 0 Å². The highest BCUT2D eigenvalue weighted by Crippen LogP contribution is 2.53. The summed E-state index contributed by atoms with van der Waals surface area (Å²) in [6.07, 6.45) is 8.06. The maximum absolute atomic E-state index is 13.1. The Bertz CT molecular complexity index is 2120. The molecule has 1 unspecified atom stereocenters. The van der Waals surface area contributed by atoms with Gasteiger partial charge in [-0.05, 0) is 71.0 Å². The Morgan fingerprint density at radius 3 is 2.16 bits per heavy atom. The van der Waals surface area contributed by atoms with Crippen molar-refractivity contribution < 1.29 is 19.2 Å². The Kier molecular flexibility index (Phi) is 5.83. The monoisotopic (exact) mass is 610 g/mol. The van der Waals surface area contributed by atoms with Crippen LogP contribution in [-0.2, 0) is 15.0 Å². The minimum Gasteiger partial charge on any atom is -0.289 e. The largest absolute Gasteiger partial charge is 0.289 e. The molecule has 44 heavy (non-hydrogen) atoms. The second-order valence-electron chi connectivity index (χ2n) is 12.3. The van der Waals surface area contributed by atoms with Crippen molar-refractivity contribution in [2.75, 3.05) is 0 Å². The Morgan fingerprint density at radius 1 is 0.727 bits per heavy atom. The first-order valence-corrected chi connectivity index (χ1v) is 16.3. The summed E-state index contributed by atoms with van der Waals surface area (Å²) in [5.74, 6) is -0.665. The lowest BCUT2D eigenvalue weighted by molar-refractivity contribution is -0.115. The number of ketones is 4. The summed E-state index contributed by atoms with van der Waals surface area (Å²) in [6, 6.07) is 19.6. The van der Waals surface area contributed by atoms with Crippen molar-refractivity contribution in [2.45, 2.75) is 32.6 Å². The molecule has 4 nitrogen and oxygen atoms in total. The van der Waals surface area contributed by atoms with Crippen LogP contribution in [0.1, 0.15) is 68.8 Å². The summed E-state index contributed by atoms with van der Waals surface area (Å²) in [5, 5.41) is 0. The fourth-order valence-corrected chi connectivity index (χ4v) is 9.16. The van der Waals surface area contributed by atoms with Gasteiger partial charge in [-0.3, -0.25) is 19.2 Å². The molecule has 4 aliphatic carbocycles. The van der Waals surface area contributed by atoms with Crippen LogP contribution < -0.4 is 0 Å². The number of benzene rings is 2. The number of carbonyl (C=O) groups excluding carboxylic acids is 4. The summed E-state index contributed by atoms with van der Waals surface area (Å²) in [6.45, 7) is 6.41. The van der Waals surface area contributed by atoms with E-state index in [0.717, 1.165) is 37.1 Å². The molecule has 0 amide bonds. The van der Waals surface area contributed by atoms with E-state index in [1.165, 1.54) is 11.1 Å². The van der Waals surface area contributed by atoms with E-state index in [1.807, 2.05) is 25.1 Å². The van der Waals surface area contributed by atoms with E-state index >= 15 is 0 Å². The van der Waals surface area contributed by atoms with Crippen molar-refractivity contribution in [3.8, 4) is 20.9 Å². The summed E-state index contributed by atoms with van der Waals surface area (Å²) in [7, 11) is 0. The van der Waals surface area contributed by atoms with Crippen LogP contribution in [0, 0.1) is 5.92 Å². The minimum atomic E-state index is -0.264. The molecule has 2 aromatic carbocycles. The third-order valence-corrected chi connectivity index (χ3v) is 11.5. The van der Waals surface area contributed by atoms with E-state index in [2.05, 4.69) is 38.1 Å². The second-order valence-corrected chi connectivity index (χ2v) is 14.5. The zero-order valence-corrected chi connectivity index (χ0v) is 25.9. The molecule has 4 aromatic rings. The SMILES string of the molecule is CC1CC=CC2=C1C(=O)/C(=C/c1ccc(-c3ccc4c(c3)C(C)(C)c3cc(C=C5C(=O)c6ccccc6C5=O)sc3-4)s1)C2=O. The van der Waals surface area contributed by atoms with E-state index in [-0.39, 0.29) is 45.6 Å². The molecule has 0 saturated heterocycles. The van der Waals surface area contributed by atoms with E-state index in [9.17, 15) is 19.2 Å². The number of carbonyl (C=O) groups is 4. The normalized spacial score (nSPS) is 20.5. The van der Waals surface area contributed by atoms with Crippen molar-refractivity contribution in [2.24, 2.45) is 5.92 Å². The van der Waals surface area contributed by atoms with Gasteiger partial charge in [-0.2, -0.15) is 0 Å². The zero-order chi connectivity index (χ0) is 30.5. The Balaban J connectivity index is 1.10. The molecule has 0 fully saturated rings. The zero-order valence-electron chi connectivity index (χ0n) is 24.3. The highest BCUT2D eigenvalue weighted by Gasteiger charge is 2.40. The number of hydrogen-bond donors (Lipinski definition) is 0. The summed E-state index contributed by atoms with van der Waals surface area (Å²) in [5.41, 5.74) is 7.04. The highest BCUT2D eigenvalue weighted by atomic mass is 32.1. The summed E-state index contributed by atoms with van der Waals surface area (Å²) in [4.78, 5) is 56.1. The molecule has 1 atom stereocenters. The average molecular weight is 611 g/mol. The Morgan fingerprint density at radius 2 is 1.43 bits per heavy atom. The van der Waals surface area contributed by atoms with Crippen molar-refractivity contribution in [1.82, 2.24) is 0 Å². The maximum Gasteiger partial charge on any atom is 0.197 e. The van der Waals surface area contributed by atoms with Crippen molar-refractivity contribution in [3.05, 3.63) is 127 Å². The fraction of sp³-hybridized carbons (Fsp3) is 0.158. The van der Waals surface area contributed by atoms with Gasteiger partial charge < -0.3 is 0 Å². The van der Waals surface area contributed by atoms with E-state index in [1.54, 1.807) is 65.2 Å². The van der Waals surface area contributed by atoms with Gasteiger partial charge >= 0.3 is 0 Å². The first-order valence-electron chi connectivity index (χ1n) is 14.6. The van der Waals surface area contributed by atoms with Crippen molar-refractivity contribution in [3.63, 3.8) is 0 Å². The number of fused-ring (bicyclic) bond motifs is 4. The lowest BCUT2D eigenvalue weighted by atomic mass is 9.82. The molecule has 0 N–H and O–H groups in total. The quantitative estimate of drug-likeness (QED) is 0.172. The molecule has 8 rings (SSSR count). The lowest BCUT2D eigenvalue weighted by Crippen LogP contribution is -2.14. The van der Waals surface area contributed by atoms with Crippen molar-refractivity contribution >= 4 is 58.0 Å². The van der Waals surface area contributed by atoms with E-state index in [0.29, 0.717) is 22.3 Å². The Hall–Kier alpha value is -4.52. The molecule has 2 aromatic heterocycles. The van der Waals surface area contributed by atoms with Crippen LogP contribution >= 0.6 is 22.7 Å². The Labute approximate surface area is 262 Å². The molecule has 4 aliphatic rings. The lowest BCUT2D eigenvalue weighted by Gasteiger charge is -2.21. The van der Waals surface area contributed by atoms with Gasteiger partial charge in [0.2, 0.25) is 0 Å². The topological polar surface area (TPSA) is 68.3 Å². The fourth-order valence-electron chi connectivity index (χ4n) is 6.91. The van der Waals surface area contributed by atoms with Gasteiger partial charge in [-0.25, -0.2) is 0 Å². The molecular weight excluding hydrogens is 585 g/mol. The smallest absolute Gasteiger partial charge is 0.197 e.